The van der Waals surface area contributed by atoms with Crippen LogP contribution >= 0.6 is 15.9 Å². The van der Waals surface area contributed by atoms with E-state index in [2.05, 4.69) is 26.6 Å². The predicted octanol–water partition coefficient (Wildman–Crippen LogP) is 8.11. The van der Waals surface area contributed by atoms with Crippen molar-refractivity contribution in [2.75, 3.05) is 28.6 Å². The van der Waals surface area contributed by atoms with E-state index in [1.165, 1.54) is 23.1 Å². The summed E-state index contributed by atoms with van der Waals surface area (Å²) in [6, 6.07) is 17.4. The molecule has 4 nitrogen and oxygen atoms in total. The van der Waals surface area contributed by atoms with Gasteiger partial charge >= 0.3 is 18.4 Å². The average Bonchev–Trinajstić information content (AvgIpc) is 2.79. The predicted molar refractivity (Wildman–Crippen MR) is 131 cm³/mol. The molecule has 2 amide bonds. The largest absolute Gasteiger partial charge is 0.418 e. The molecule has 0 aliphatic carbocycles. The van der Waals surface area contributed by atoms with Crippen LogP contribution < -0.4 is 15.5 Å². The Morgan fingerprint density at radius 2 is 1.44 bits per heavy atom. The van der Waals surface area contributed by atoms with Crippen LogP contribution in [0.4, 0.5) is 48.2 Å². The fraction of sp³-hybridized carbons (Fsp3) is 0.240. The number of nitrogens with zero attached hydrogens (tertiary/aromatic N) is 1. The van der Waals surface area contributed by atoms with E-state index in [0.29, 0.717) is 16.6 Å². The van der Waals surface area contributed by atoms with Crippen molar-refractivity contribution in [2.45, 2.75) is 25.2 Å². The second kappa shape index (κ2) is 11.7. The molecule has 3 aromatic carbocycles. The zero-order valence-corrected chi connectivity index (χ0v) is 20.3. The van der Waals surface area contributed by atoms with E-state index in [1.54, 1.807) is 12.1 Å². The molecule has 0 radical (unpaired) electrons. The average molecular weight is 574 g/mol. The number of benzene rings is 3. The molecule has 3 rings (SSSR count). The standard InChI is InChI=1S/C25H22BrF6N3O/c26-18-10-11-22(35(15-13-24(27,28)29)14-12-17-6-2-1-3-7-17)21(16-18)34-23(36)33-20-9-5-4-8-19(20)25(30,31)32/h1-11,16H,12-15H2,(H2,33,34,36). The van der Waals surface area contributed by atoms with Gasteiger partial charge < -0.3 is 15.5 Å². The molecule has 36 heavy (non-hydrogen) atoms. The van der Waals surface area contributed by atoms with Gasteiger partial charge in [0.2, 0.25) is 0 Å². The van der Waals surface area contributed by atoms with Gasteiger partial charge in [0.05, 0.1) is 29.0 Å². The van der Waals surface area contributed by atoms with Gasteiger partial charge in [-0.1, -0.05) is 58.4 Å². The van der Waals surface area contributed by atoms with Gasteiger partial charge in [-0.05, 0) is 42.3 Å². The SMILES string of the molecule is O=C(Nc1cc(Br)ccc1N(CCc1ccccc1)CCC(F)(F)F)Nc1ccccc1C(F)(F)F. The zero-order valence-electron chi connectivity index (χ0n) is 18.8. The van der Waals surface area contributed by atoms with Gasteiger partial charge in [-0.2, -0.15) is 26.3 Å². The van der Waals surface area contributed by atoms with Gasteiger partial charge in [0.15, 0.2) is 0 Å². The molecule has 0 saturated heterocycles. The lowest BCUT2D eigenvalue weighted by atomic mass is 10.1. The molecule has 0 aliphatic rings. The van der Waals surface area contributed by atoms with Crippen molar-refractivity contribution in [1.82, 2.24) is 0 Å². The molecule has 0 fully saturated rings. The molecule has 0 aromatic heterocycles. The van der Waals surface area contributed by atoms with Gasteiger partial charge in [-0.25, -0.2) is 4.79 Å². The molecule has 0 saturated carbocycles. The number of nitrogens with one attached hydrogen (secondary N) is 2. The first-order valence-electron chi connectivity index (χ1n) is 10.8. The van der Waals surface area contributed by atoms with Crippen LogP contribution in [0.5, 0.6) is 0 Å². The van der Waals surface area contributed by atoms with Crippen LogP contribution in [-0.2, 0) is 12.6 Å². The Hall–Kier alpha value is -3.21. The summed E-state index contributed by atoms with van der Waals surface area (Å²) in [5, 5.41) is 4.67. The van der Waals surface area contributed by atoms with Crippen molar-refractivity contribution in [3.63, 3.8) is 0 Å². The summed E-state index contributed by atoms with van der Waals surface area (Å²) in [5.74, 6) is 0. The van der Waals surface area contributed by atoms with Crippen LogP contribution in [0.15, 0.2) is 77.3 Å². The molecule has 192 valence electrons. The smallest absolute Gasteiger partial charge is 0.369 e. The Bertz CT molecular complexity index is 1170. The minimum Gasteiger partial charge on any atom is -0.369 e. The van der Waals surface area contributed by atoms with Gasteiger partial charge in [-0.15, -0.1) is 0 Å². The number of hydrogen-bond donors (Lipinski definition) is 2. The van der Waals surface area contributed by atoms with E-state index >= 15 is 0 Å². The number of para-hydroxylation sites is 1. The zero-order chi connectivity index (χ0) is 26.3. The fourth-order valence-electron chi connectivity index (χ4n) is 3.52. The fourth-order valence-corrected chi connectivity index (χ4v) is 3.88. The van der Waals surface area contributed by atoms with Gasteiger partial charge in [0.25, 0.3) is 0 Å². The Labute approximate surface area is 212 Å². The maximum Gasteiger partial charge on any atom is 0.418 e. The summed E-state index contributed by atoms with van der Waals surface area (Å²) < 4.78 is 79.5. The quantitative estimate of drug-likeness (QED) is 0.267. The molecule has 0 atom stereocenters. The minimum absolute atomic E-state index is 0.140. The maximum atomic E-state index is 13.3. The summed E-state index contributed by atoms with van der Waals surface area (Å²) in [4.78, 5) is 14.1. The molecular weight excluding hydrogens is 552 g/mol. The molecule has 2 N–H and O–H groups in total. The number of alkyl halides is 6. The second-order valence-corrected chi connectivity index (χ2v) is 8.79. The van der Waals surface area contributed by atoms with E-state index in [9.17, 15) is 31.1 Å². The highest BCUT2D eigenvalue weighted by atomic mass is 79.9. The summed E-state index contributed by atoms with van der Waals surface area (Å²) >= 11 is 3.27. The van der Waals surface area contributed by atoms with Crippen LogP contribution in [-0.4, -0.2) is 25.3 Å². The number of urea groups is 1. The number of carbonyl (C=O) groups is 1. The molecular formula is C25H22BrF6N3O. The highest BCUT2D eigenvalue weighted by molar-refractivity contribution is 9.10. The molecule has 0 spiro atoms. The van der Waals surface area contributed by atoms with Crippen LogP contribution in [0.25, 0.3) is 0 Å². The van der Waals surface area contributed by atoms with Gasteiger partial charge in [0.1, 0.15) is 0 Å². The van der Waals surface area contributed by atoms with Crippen molar-refractivity contribution in [3.05, 3.63) is 88.4 Å². The summed E-state index contributed by atoms with van der Waals surface area (Å²) in [5.41, 5.74) is -0.108. The monoisotopic (exact) mass is 573 g/mol. The number of halogens is 7. The summed E-state index contributed by atoms with van der Waals surface area (Å²) in [7, 11) is 0. The van der Waals surface area contributed by atoms with Crippen molar-refractivity contribution in [1.29, 1.82) is 0 Å². The second-order valence-electron chi connectivity index (χ2n) is 7.87. The van der Waals surface area contributed by atoms with Crippen molar-refractivity contribution >= 4 is 39.0 Å². The third kappa shape index (κ3) is 8.18. The summed E-state index contributed by atoms with van der Waals surface area (Å²) in [6.07, 6.45) is -9.72. The van der Waals surface area contributed by atoms with E-state index < -0.39 is 36.1 Å². The minimum atomic E-state index is -4.68. The van der Waals surface area contributed by atoms with Crippen molar-refractivity contribution in [3.8, 4) is 0 Å². The lowest BCUT2D eigenvalue weighted by Crippen LogP contribution is -2.31. The number of rotatable bonds is 8. The normalized spacial score (nSPS) is 11.8. The number of hydrogen-bond acceptors (Lipinski definition) is 2. The third-order valence-corrected chi connectivity index (χ3v) is 5.70. The first kappa shape index (κ1) is 27.4. The van der Waals surface area contributed by atoms with Crippen molar-refractivity contribution < 1.29 is 31.1 Å². The topological polar surface area (TPSA) is 44.4 Å². The van der Waals surface area contributed by atoms with E-state index in [1.807, 2.05) is 30.3 Å². The Morgan fingerprint density at radius 3 is 2.11 bits per heavy atom. The van der Waals surface area contributed by atoms with Crippen LogP contribution in [0.2, 0.25) is 0 Å². The molecule has 0 unspecified atom stereocenters. The Kier molecular flexibility index (Phi) is 8.89. The molecule has 0 aliphatic heterocycles. The third-order valence-electron chi connectivity index (χ3n) is 5.21. The van der Waals surface area contributed by atoms with Crippen LogP contribution in [0.1, 0.15) is 17.5 Å². The highest BCUT2D eigenvalue weighted by Crippen LogP contribution is 2.35. The lowest BCUT2D eigenvalue weighted by molar-refractivity contribution is -0.137. The molecule has 0 bridgehead atoms. The van der Waals surface area contributed by atoms with Crippen LogP contribution in [0.3, 0.4) is 0 Å². The summed E-state index contributed by atoms with van der Waals surface area (Å²) in [6.45, 7) is -0.153. The van der Waals surface area contributed by atoms with Crippen molar-refractivity contribution in [2.24, 2.45) is 0 Å². The number of amides is 2. The van der Waals surface area contributed by atoms with Gasteiger partial charge in [0, 0.05) is 17.6 Å². The molecule has 3 aromatic rings. The van der Waals surface area contributed by atoms with E-state index in [-0.39, 0.29) is 18.8 Å². The Morgan fingerprint density at radius 1 is 0.806 bits per heavy atom. The first-order valence-corrected chi connectivity index (χ1v) is 11.6. The maximum absolute atomic E-state index is 13.3. The lowest BCUT2D eigenvalue weighted by Gasteiger charge is -2.28. The van der Waals surface area contributed by atoms with Crippen LogP contribution in [0, 0.1) is 0 Å². The molecule has 0 heterocycles. The molecule has 11 heteroatoms. The van der Waals surface area contributed by atoms with Gasteiger partial charge in [-0.3, -0.25) is 0 Å². The highest BCUT2D eigenvalue weighted by Gasteiger charge is 2.33. The number of anilines is 3. The Balaban J connectivity index is 1.85. The van der Waals surface area contributed by atoms with E-state index in [0.717, 1.165) is 17.7 Å². The van der Waals surface area contributed by atoms with E-state index in [4.69, 9.17) is 0 Å². The first-order chi connectivity index (χ1) is 16.9. The number of carbonyl (C=O) groups excluding carboxylic acids is 1.